The first kappa shape index (κ1) is 33.6. The molecule has 0 aromatic rings. The highest BCUT2D eigenvalue weighted by molar-refractivity contribution is 5.96. The van der Waals surface area contributed by atoms with E-state index in [9.17, 15) is 28.8 Å². The summed E-state index contributed by atoms with van der Waals surface area (Å²) in [5.74, 6) is -1.44. The minimum atomic E-state index is -1.29. The maximum absolute atomic E-state index is 13.9. The molecule has 6 atom stereocenters. The number of nitrogens with one attached hydrogen (secondary N) is 2. The molecule has 0 spiro atoms. The van der Waals surface area contributed by atoms with Gasteiger partial charge in [-0.15, -0.1) is 12.3 Å². The first-order valence-corrected chi connectivity index (χ1v) is 14.3. The van der Waals surface area contributed by atoms with Gasteiger partial charge in [0.25, 0.3) is 5.91 Å². The SMILES string of the molecule is C#CC[C@@H]1OC(=O)CCNC(=O)[C@H](C)N(C)C(=O)C(C(C)C)N(C)C(=O)[C@H]([C@@H](C)CC)NC(=O)[C@@H]2CCCN2C1=O. The Kier molecular flexibility index (Phi) is 12.2. The summed E-state index contributed by atoms with van der Waals surface area (Å²) in [6, 6.07) is -3.64. The molecule has 12 heteroatoms. The van der Waals surface area contributed by atoms with E-state index in [0.717, 1.165) is 0 Å². The highest BCUT2D eigenvalue weighted by atomic mass is 16.5. The van der Waals surface area contributed by atoms with Gasteiger partial charge in [0.15, 0.2) is 6.10 Å². The Balaban J connectivity index is 2.53. The van der Waals surface area contributed by atoms with E-state index in [1.807, 2.05) is 13.8 Å². The molecule has 2 rings (SSSR count). The second-order valence-corrected chi connectivity index (χ2v) is 11.3. The highest BCUT2D eigenvalue weighted by Gasteiger charge is 2.42. The summed E-state index contributed by atoms with van der Waals surface area (Å²) < 4.78 is 5.38. The average molecular weight is 576 g/mol. The number of likely N-dealkylation sites (N-methyl/N-ethyl adjacent to an activating group) is 2. The van der Waals surface area contributed by atoms with Gasteiger partial charge in [-0.2, -0.15) is 0 Å². The molecule has 5 amide bonds. The number of terminal acetylenes is 1. The minimum absolute atomic E-state index is 0.0850. The van der Waals surface area contributed by atoms with Crippen molar-refractivity contribution in [2.45, 2.75) is 97.0 Å². The molecule has 2 fully saturated rings. The number of amides is 5. The number of rotatable bonds is 4. The van der Waals surface area contributed by atoms with Crippen molar-refractivity contribution in [3.63, 3.8) is 0 Å². The van der Waals surface area contributed by atoms with E-state index in [1.54, 1.807) is 20.8 Å². The molecule has 0 radical (unpaired) electrons. The number of hydrogen-bond acceptors (Lipinski definition) is 7. The topological polar surface area (TPSA) is 145 Å². The number of carbonyl (C=O) groups excluding carboxylic acids is 6. The van der Waals surface area contributed by atoms with Crippen LogP contribution in [0.5, 0.6) is 0 Å². The number of nitrogens with zero attached hydrogens (tertiary/aromatic N) is 3. The molecule has 12 nitrogen and oxygen atoms in total. The Morgan fingerprint density at radius 3 is 2.24 bits per heavy atom. The van der Waals surface area contributed by atoms with Crippen LogP contribution >= 0.6 is 0 Å². The molecule has 228 valence electrons. The highest BCUT2D eigenvalue weighted by Crippen LogP contribution is 2.23. The summed E-state index contributed by atoms with van der Waals surface area (Å²) in [7, 11) is 3.00. The van der Waals surface area contributed by atoms with Crippen LogP contribution in [0.15, 0.2) is 0 Å². The van der Waals surface area contributed by atoms with Gasteiger partial charge in [0, 0.05) is 27.2 Å². The van der Waals surface area contributed by atoms with Gasteiger partial charge in [-0.3, -0.25) is 28.8 Å². The van der Waals surface area contributed by atoms with Crippen molar-refractivity contribution in [3.05, 3.63) is 0 Å². The van der Waals surface area contributed by atoms with Gasteiger partial charge in [0.1, 0.15) is 24.2 Å². The predicted molar refractivity (Wildman–Crippen MR) is 151 cm³/mol. The van der Waals surface area contributed by atoms with Crippen molar-refractivity contribution in [2.75, 3.05) is 27.2 Å². The first-order valence-electron chi connectivity index (χ1n) is 14.3. The lowest BCUT2D eigenvalue weighted by Crippen LogP contribution is -2.60. The van der Waals surface area contributed by atoms with E-state index in [4.69, 9.17) is 11.2 Å². The summed E-state index contributed by atoms with van der Waals surface area (Å²) in [4.78, 5) is 83.8. The Hall–Kier alpha value is -3.62. The van der Waals surface area contributed by atoms with Crippen LogP contribution in [0.4, 0.5) is 0 Å². The van der Waals surface area contributed by atoms with Crippen molar-refractivity contribution in [1.82, 2.24) is 25.3 Å². The van der Waals surface area contributed by atoms with Crippen LogP contribution in [0.2, 0.25) is 0 Å². The fraction of sp³-hybridized carbons (Fsp3) is 0.724. The number of hydrogen-bond donors (Lipinski definition) is 2. The molecule has 0 saturated carbocycles. The third kappa shape index (κ3) is 7.99. The molecule has 0 aromatic heterocycles. The summed E-state index contributed by atoms with van der Waals surface area (Å²) in [5, 5.41) is 5.47. The molecule has 2 heterocycles. The van der Waals surface area contributed by atoms with Crippen LogP contribution in [-0.4, -0.2) is 108 Å². The lowest BCUT2D eigenvalue weighted by atomic mass is 9.94. The monoisotopic (exact) mass is 575 g/mol. The molecule has 1 unspecified atom stereocenters. The Labute approximate surface area is 242 Å². The normalized spacial score (nSPS) is 28.7. The molecule has 2 aliphatic rings. The quantitative estimate of drug-likeness (QED) is 0.362. The number of carbonyl (C=O) groups is 6. The first-order chi connectivity index (χ1) is 19.3. The summed E-state index contributed by atoms with van der Waals surface area (Å²) in [5.41, 5.74) is 0. The number of cyclic esters (lactones) is 1. The van der Waals surface area contributed by atoms with Crippen LogP contribution in [0.25, 0.3) is 0 Å². The summed E-state index contributed by atoms with van der Waals surface area (Å²) >= 11 is 0. The Morgan fingerprint density at radius 1 is 1.00 bits per heavy atom. The molecule has 2 saturated heterocycles. The number of fused-ring (bicyclic) bond motifs is 1. The molecule has 0 bridgehead atoms. The van der Waals surface area contributed by atoms with Crippen molar-refractivity contribution < 1.29 is 33.5 Å². The van der Waals surface area contributed by atoms with Crippen molar-refractivity contribution >= 4 is 35.5 Å². The van der Waals surface area contributed by atoms with Gasteiger partial charge < -0.3 is 30.1 Å². The fourth-order valence-electron chi connectivity index (χ4n) is 5.19. The molecule has 0 aliphatic carbocycles. The van der Waals surface area contributed by atoms with E-state index >= 15 is 0 Å². The number of esters is 1. The zero-order valence-corrected chi connectivity index (χ0v) is 25.3. The van der Waals surface area contributed by atoms with Gasteiger partial charge in [0.05, 0.1) is 12.8 Å². The van der Waals surface area contributed by atoms with Crippen LogP contribution < -0.4 is 10.6 Å². The predicted octanol–water partition coefficient (Wildman–Crippen LogP) is 0.293. The largest absolute Gasteiger partial charge is 0.451 e. The molecule has 41 heavy (non-hydrogen) atoms. The summed E-state index contributed by atoms with van der Waals surface area (Å²) in [6.45, 7) is 9.05. The third-order valence-corrected chi connectivity index (χ3v) is 8.05. The van der Waals surface area contributed by atoms with Gasteiger partial charge in [-0.1, -0.05) is 34.1 Å². The van der Waals surface area contributed by atoms with Crippen molar-refractivity contribution in [3.8, 4) is 12.3 Å². The van der Waals surface area contributed by atoms with Gasteiger partial charge >= 0.3 is 5.97 Å². The second-order valence-electron chi connectivity index (χ2n) is 11.3. The molecule has 2 N–H and O–H groups in total. The van der Waals surface area contributed by atoms with Crippen LogP contribution in [0.1, 0.15) is 66.7 Å². The smallest absolute Gasteiger partial charge is 0.308 e. The molecule has 2 aliphatic heterocycles. The zero-order valence-electron chi connectivity index (χ0n) is 25.3. The lowest BCUT2D eigenvalue weighted by molar-refractivity contribution is -0.161. The fourth-order valence-corrected chi connectivity index (χ4v) is 5.19. The molecule has 0 aromatic carbocycles. The van der Waals surface area contributed by atoms with E-state index in [1.165, 1.54) is 28.8 Å². The van der Waals surface area contributed by atoms with Crippen LogP contribution in [-0.2, 0) is 33.5 Å². The number of ether oxygens (including phenoxy) is 1. The van der Waals surface area contributed by atoms with Crippen LogP contribution in [0, 0.1) is 24.2 Å². The van der Waals surface area contributed by atoms with E-state index < -0.39 is 65.8 Å². The van der Waals surface area contributed by atoms with Gasteiger partial charge in [-0.05, 0) is 31.6 Å². The van der Waals surface area contributed by atoms with Crippen molar-refractivity contribution in [1.29, 1.82) is 0 Å². The maximum Gasteiger partial charge on any atom is 0.308 e. The van der Waals surface area contributed by atoms with E-state index in [0.29, 0.717) is 19.3 Å². The third-order valence-electron chi connectivity index (χ3n) is 8.05. The van der Waals surface area contributed by atoms with E-state index in [2.05, 4.69) is 16.6 Å². The molecular formula is C29H45N5O7. The second kappa shape index (κ2) is 14.8. The van der Waals surface area contributed by atoms with Gasteiger partial charge in [0.2, 0.25) is 23.6 Å². The van der Waals surface area contributed by atoms with Crippen molar-refractivity contribution in [2.24, 2.45) is 11.8 Å². The maximum atomic E-state index is 13.9. The van der Waals surface area contributed by atoms with E-state index in [-0.39, 0.29) is 37.8 Å². The summed E-state index contributed by atoms with van der Waals surface area (Å²) in [6.07, 6.45) is 5.23. The van der Waals surface area contributed by atoms with Crippen LogP contribution in [0.3, 0.4) is 0 Å². The zero-order chi connectivity index (χ0) is 31.0. The lowest BCUT2D eigenvalue weighted by Gasteiger charge is -2.38. The molecular weight excluding hydrogens is 530 g/mol. The Bertz CT molecular complexity index is 1050. The standard InChI is InChI=1S/C29H45N5O7/c1-9-12-21-27(38)34-16-11-13-20(34)26(37)31-23(18(5)10-2)28(39)33(8)24(17(3)4)29(40)32(7)19(6)25(36)30-15-14-22(35)41-21/h1,17-21,23-24H,10-16H2,2-8H3,(H,30,36)(H,31,37)/t18-,19-,20-,21-,23-,24?/m0/s1. The Morgan fingerprint density at radius 2 is 1.66 bits per heavy atom. The average Bonchev–Trinajstić information content (AvgIpc) is 3.43. The van der Waals surface area contributed by atoms with Gasteiger partial charge in [-0.25, -0.2) is 0 Å². The minimum Gasteiger partial charge on any atom is -0.451 e.